The highest BCUT2D eigenvalue weighted by molar-refractivity contribution is 7.86. The normalized spacial score (nSPS) is 21.6. The molecule has 0 radical (unpaired) electrons. The molecule has 1 aliphatic heterocycles. The molecule has 4 rings (SSSR count). The lowest BCUT2D eigenvalue weighted by Gasteiger charge is -2.37. The molecule has 0 amide bonds. The van der Waals surface area contributed by atoms with Gasteiger partial charge in [-0.05, 0) is 37.8 Å². The lowest BCUT2D eigenvalue weighted by Crippen LogP contribution is -2.49. The van der Waals surface area contributed by atoms with Gasteiger partial charge >= 0.3 is 0 Å². The molecule has 1 N–H and O–H groups in total. The number of H-pyrrole nitrogens is 1. The van der Waals surface area contributed by atoms with E-state index in [1.165, 1.54) is 6.42 Å². The summed E-state index contributed by atoms with van der Waals surface area (Å²) in [5.74, 6) is 1.29. The zero-order valence-electron chi connectivity index (χ0n) is 15.4. The summed E-state index contributed by atoms with van der Waals surface area (Å²) < 4.78 is 29.3. The van der Waals surface area contributed by atoms with Crippen molar-refractivity contribution < 1.29 is 8.42 Å². The first-order valence-electron chi connectivity index (χ1n) is 9.73. The number of para-hydroxylation sites is 2. The third-order valence-electron chi connectivity index (χ3n) is 6.03. The second-order valence-corrected chi connectivity index (χ2v) is 9.62. The largest absolute Gasteiger partial charge is 0.342 e. The van der Waals surface area contributed by atoms with Crippen molar-refractivity contribution in [3.63, 3.8) is 0 Å². The third kappa shape index (κ3) is 3.40. The minimum atomic E-state index is -3.36. The van der Waals surface area contributed by atoms with Crippen molar-refractivity contribution >= 4 is 21.2 Å². The van der Waals surface area contributed by atoms with Gasteiger partial charge in [0.15, 0.2) is 0 Å². The standard InChI is InChI=1S/C19H28N4O2S/c1-22(16-7-3-2-4-8-16)26(24,25)23-13-11-15(12-14-23)19-20-17-9-5-6-10-18(17)21-19/h5-6,9-10,15-16H,2-4,7-8,11-14H2,1H3,(H,20,21). The van der Waals surface area contributed by atoms with Crippen LogP contribution >= 0.6 is 0 Å². The Bertz CT molecular complexity index is 816. The molecule has 1 saturated carbocycles. The van der Waals surface area contributed by atoms with E-state index in [0.29, 0.717) is 19.0 Å². The van der Waals surface area contributed by atoms with Gasteiger partial charge in [-0.25, -0.2) is 4.98 Å². The molecule has 1 aromatic heterocycles. The Balaban J connectivity index is 1.42. The number of benzene rings is 1. The summed E-state index contributed by atoms with van der Waals surface area (Å²) in [4.78, 5) is 8.10. The first kappa shape index (κ1) is 17.9. The highest BCUT2D eigenvalue weighted by atomic mass is 32.2. The maximum absolute atomic E-state index is 13.0. The Hall–Kier alpha value is -1.44. The van der Waals surface area contributed by atoms with E-state index >= 15 is 0 Å². The monoisotopic (exact) mass is 376 g/mol. The van der Waals surface area contributed by atoms with E-state index < -0.39 is 10.2 Å². The first-order chi connectivity index (χ1) is 12.6. The van der Waals surface area contributed by atoms with Gasteiger partial charge in [0.2, 0.25) is 0 Å². The van der Waals surface area contributed by atoms with Crippen molar-refractivity contribution in [1.82, 2.24) is 18.6 Å². The average Bonchev–Trinajstić information content (AvgIpc) is 3.12. The van der Waals surface area contributed by atoms with Crippen LogP contribution in [0.3, 0.4) is 0 Å². The van der Waals surface area contributed by atoms with Crippen LogP contribution in [0.2, 0.25) is 0 Å². The van der Waals surface area contributed by atoms with Crippen LogP contribution in [-0.2, 0) is 10.2 Å². The molecule has 142 valence electrons. The molecule has 0 bridgehead atoms. The van der Waals surface area contributed by atoms with Crippen molar-refractivity contribution in [2.24, 2.45) is 0 Å². The van der Waals surface area contributed by atoms with Crippen LogP contribution in [0.25, 0.3) is 11.0 Å². The number of hydrogen-bond acceptors (Lipinski definition) is 3. The Kier molecular flexibility index (Phi) is 5.03. The molecule has 7 heteroatoms. The summed E-state index contributed by atoms with van der Waals surface area (Å²) >= 11 is 0. The molecule has 0 atom stereocenters. The maximum atomic E-state index is 13.0. The molecule has 0 unspecified atom stereocenters. The summed E-state index contributed by atoms with van der Waals surface area (Å²) in [5, 5.41) is 0. The summed E-state index contributed by atoms with van der Waals surface area (Å²) in [6.07, 6.45) is 7.12. The van der Waals surface area contributed by atoms with Crippen molar-refractivity contribution in [1.29, 1.82) is 0 Å². The van der Waals surface area contributed by atoms with Crippen LogP contribution in [0.15, 0.2) is 24.3 Å². The smallest absolute Gasteiger partial charge is 0.281 e. The first-order valence-corrected chi connectivity index (χ1v) is 11.1. The van der Waals surface area contributed by atoms with Crippen molar-refractivity contribution in [2.45, 2.75) is 56.9 Å². The number of imidazole rings is 1. The van der Waals surface area contributed by atoms with Gasteiger partial charge in [0.05, 0.1) is 11.0 Å². The molecule has 2 fully saturated rings. The lowest BCUT2D eigenvalue weighted by molar-refractivity contribution is 0.245. The Labute approximate surface area is 155 Å². The van der Waals surface area contributed by atoms with E-state index in [4.69, 9.17) is 4.98 Å². The molecule has 0 spiro atoms. The second kappa shape index (κ2) is 7.29. The van der Waals surface area contributed by atoms with Gasteiger partial charge in [-0.3, -0.25) is 0 Å². The third-order valence-corrected chi connectivity index (χ3v) is 8.07. The molecule has 1 saturated heterocycles. The number of fused-ring (bicyclic) bond motifs is 1. The van der Waals surface area contributed by atoms with Crippen LogP contribution in [0, 0.1) is 0 Å². The van der Waals surface area contributed by atoms with Crippen LogP contribution in [0.1, 0.15) is 56.7 Å². The molecule has 2 aromatic rings. The molecular weight excluding hydrogens is 348 g/mol. The summed E-state index contributed by atoms with van der Waals surface area (Å²) in [6.45, 7) is 1.14. The van der Waals surface area contributed by atoms with E-state index in [2.05, 4.69) is 4.98 Å². The number of rotatable bonds is 4. The Morgan fingerprint density at radius 3 is 2.46 bits per heavy atom. The van der Waals surface area contributed by atoms with Gasteiger partial charge < -0.3 is 4.98 Å². The number of piperidine rings is 1. The van der Waals surface area contributed by atoms with Crippen molar-refractivity contribution in [3.8, 4) is 0 Å². The fraction of sp³-hybridized carbons (Fsp3) is 0.632. The van der Waals surface area contributed by atoms with E-state index in [1.54, 1.807) is 15.7 Å². The molecular formula is C19H28N4O2S. The molecule has 1 aromatic carbocycles. The quantitative estimate of drug-likeness (QED) is 0.890. The summed E-state index contributed by atoms with van der Waals surface area (Å²) in [6, 6.07) is 8.20. The van der Waals surface area contributed by atoms with Crippen LogP contribution in [0.4, 0.5) is 0 Å². The maximum Gasteiger partial charge on any atom is 0.281 e. The SMILES string of the molecule is CN(C1CCCCC1)S(=O)(=O)N1CCC(c2nc3ccccc3[nH]2)CC1. The predicted octanol–water partition coefficient (Wildman–Crippen LogP) is 3.25. The van der Waals surface area contributed by atoms with Gasteiger partial charge in [-0.1, -0.05) is 31.4 Å². The molecule has 2 aliphatic rings. The van der Waals surface area contributed by atoms with Gasteiger partial charge in [0.25, 0.3) is 10.2 Å². The summed E-state index contributed by atoms with van der Waals surface area (Å²) in [7, 11) is -1.60. The molecule has 6 nitrogen and oxygen atoms in total. The highest BCUT2D eigenvalue weighted by Crippen LogP contribution is 2.31. The van der Waals surface area contributed by atoms with Crippen molar-refractivity contribution in [3.05, 3.63) is 30.1 Å². The Morgan fingerprint density at radius 2 is 1.77 bits per heavy atom. The zero-order valence-corrected chi connectivity index (χ0v) is 16.2. The fourth-order valence-electron chi connectivity index (χ4n) is 4.34. The second-order valence-electron chi connectivity index (χ2n) is 7.63. The van der Waals surface area contributed by atoms with E-state index in [-0.39, 0.29) is 6.04 Å². The van der Waals surface area contributed by atoms with Crippen LogP contribution < -0.4 is 0 Å². The highest BCUT2D eigenvalue weighted by Gasteiger charge is 2.35. The minimum Gasteiger partial charge on any atom is -0.342 e. The molecule has 26 heavy (non-hydrogen) atoms. The number of aromatic amines is 1. The average molecular weight is 377 g/mol. The number of nitrogens with one attached hydrogen (secondary N) is 1. The fourth-order valence-corrected chi connectivity index (χ4v) is 5.97. The lowest BCUT2D eigenvalue weighted by atomic mass is 9.96. The minimum absolute atomic E-state index is 0.168. The van der Waals surface area contributed by atoms with Crippen LogP contribution in [-0.4, -0.2) is 53.2 Å². The molecule has 1 aliphatic carbocycles. The number of nitrogens with zero attached hydrogens (tertiary/aromatic N) is 3. The van der Waals surface area contributed by atoms with Gasteiger partial charge in [-0.2, -0.15) is 17.0 Å². The topological polar surface area (TPSA) is 69.3 Å². The van der Waals surface area contributed by atoms with E-state index in [9.17, 15) is 8.42 Å². The molecule has 2 heterocycles. The van der Waals surface area contributed by atoms with Crippen molar-refractivity contribution in [2.75, 3.05) is 20.1 Å². The number of hydrogen-bond donors (Lipinski definition) is 1. The summed E-state index contributed by atoms with van der Waals surface area (Å²) in [5.41, 5.74) is 2.03. The van der Waals surface area contributed by atoms with E-state index in [1.807, 2.05) is 24.3 Å². The predicted molar refractivity (Wildman–Crippen MR) is 103 cm³/mol. The zero-order chi connectivity index (χ0) is 18.1. The Morgan fingerprint density at radius 1 is 1.08 bits per heavy atom. The van der Waals surface area contributed by atoms with E-state index in [0.717, 1.165) is 55.4 Å². The van der Waals surface area contributed by atoms with Gasteiger partial charge in [-0.15, -0.1) is 0 Å². The number of aromatic nitrogens is 2. The van der Waals surface area contributed by atoms with Crippen LogP contribution in [0.5, 0.6) is 0 Å². The van der Waals surface area contributed by atoms with Gasteiger partial charge in [0, 0.05) is 32.1 Å². The van der Waals surface area contributed by atoms with Gasteiger partial charge in [0.1, 0.15) is 5.82 Å².